The summed E-state index contributed by atoms with van der Waals surface area (Å²) in [5.41, 5.74) is 0. The molecule has 1 aromatic heterocycles. The highest BCUT2D eigenvalue weighted by atomic mass is 35.5. The summed E-state index contributed by atoms with van der Waals surface area (Å²) >= 11 is 5.94. The van der Waals surface area contributed by atoms with Gasteiger partial charge in [0.15, 0.2) is 0 Å². The Balaban J connectivity index is 1.44. The zero-order valence-electron chi connectivity index (χ0n) is 13.6. The Hall–Kier alpha value is -1.33. The van der Waals surface area contributed by atoms with Gasteiger partial charge in [-0.05, 0) is 38.3 Å². The van der Waals surface area contributed by atoms with Crippen LogP contribution >= 0.6 is 11.6 Å². The summed E-state index contributed by atoms with van der Waals surface area (Å²) in [6, 6.07) is 5.64. The highest BCUT2D eigenvalue weighted by molar-refractivity contribution is 6.29. The molecule has 3 rings (SSSR count). The quantitative estimate of drug-likeness (QED) is 0.792. The lowest BCUT2D eigenvalue weighted by Gasteiger charge is -2.35. The van der Waals surface area contributed by atoms with Crippen LogP contribution in [-0.4, -0.2) is 54.2 Å². The van der Waals surface area contributed by atoms with E-state index in [-0.39, 0.29) is 12.0 Å². The number of nitrogens with zero attached hydrogens (tertiary/aromatic N) is 3. The first-order valence-electron chi connectivity index (χ1n) is 8.42. The summed E-state index contributed by atoms with van der Waals surface area (Å²) in [7, 11) is 0. The standard InChI is InChI=1S/C17H24ClN3O2/c1-13-5-6-14(23-13)7-8-17(22)21-11-9-20(10-12-21)16-4-2-3-15(18)19-16/h2-4,13-14H,5-12H2,1H3/t13-,14-/m1/s1. The molecule has 126 valence electrons. The van der Waals surface area contributed by atoms with E-state index in [2.05, 4.69) is 16.8 Å². The number of ether oxygens (including phenoxy) is 1. The van der Waals surface area contributed by atoms with Gasteiger partial charge in [-0.1, -0.05) is 17.7 Å². The molecule has 2 atom stereocenters. The second-order valence-corrected chi connectivity index (χ2v) is 6.76. The van der Waals surface area contributed by atoms with Crippen molar-refractivity contribution in [1.29, 1.82) is 0 Å². The number of aromatic nitrogens is 1. The van der Waals surface area contributed by atoms with Gasteiger partial charge in [0.05, 0.1) is 12.2 Å². The minimum atomic E-state index is 0.242. The molecule has 0 aliphatic carbocycles. The van der Waals surface area contributed by atoms with E-state index in [0.717, 1.165) is 51.3 Å². The Labute approximate surface area is 142 Å². The number of hydrogen-bond donors (Lipinski definition) is 0. The zero-order valence-corrected chi connectivity index (χ0v) is 14.3. The molecule has 0 saturated carbocycles. The molecule has 2 fully saturated rings. The summed E-state index contributed by atoms with van der Waals surface area (Å²) in [5.74, 6) is 1.13. The molecule has 0 N–H and O–H groups in total. The van der Waals surface area contributed by atoms with Gasteiger partial charge in [0.1, 0.15) is 11.0 Å². The van der Waals surface area contributed by atoms with Crippen molar-refractivity contribution >= 4 is 23.3 Å². The first-order chi connectivity index (χ1) is 11.1. The predicted molar refractivity (Wildman–Crippen MR) is 90.8 cm³/mol. The summed E-state index contributed by atoms with van der Waals surface area (Å²) < 4.78 is 5.79. The Morgan fingerprint density at radius 1 is 1.30 bits per heavy atom. The van der Waals surface area contributed by atoms with Gasteiger partial charge in [-0.25, -0.2) is 4.98 Å². The van der Waals surface area contributed by atoms with Crippen molar-refractivity contribution in [2.75, 3.05) is 31.1 Å². The van der Waals surface area contributed by atoms with Crippen LogP contribution in [0.5, 0.6) is 0 Å². The third-order valence-corrected chi connectivity index (χ3v) is 4.87. The third-order valence-electron chi connectivity index (χ3n) is 4.66. The van der Waals surface area contributed by atoms with Crippen LogP contribution in [0.3, 0.4) is 0 Å². The van der Waals surface area contributed by atoms with Crippen molar-refractivity contribution in [2.45, 2.75) is 44.8 Å². The number of carbonyl (C=O) groups excluding carboxylic acids is 1. The van der Waals surface area contributed by atoms with E-state index < -0.39 is 0 Å². The molecule has 3 heterocycles. The molecule has 0 radical (unpaired) electrons. The van der Waals surface area contributed by atoms with E-state index >= 15 is 0 Å². The highest BCUT2D eigenvalue weighted by Crippen LogP contribution is 2.23. The van der Waals surface area contributed by atoms with Gasteiger partial charge in [-0.3, -0.25) is 4.79 Å². The van der Waals surface area contributed by atoms with Gasteiger partial charge < -0.3 is 14.5 Å². The van der Waals surface area contributed by atoms with Crippen molar-refractivity contribution in [3.8, 4) is 0 Å². The van der Waals surface area contributed by atoms with Gasteiger partial charge in [-0.2, -0.15) is 0 Å². The van der Waals surface area contributed by atoms with Crippen molar-refractivity contribution in [3.05, 3.63) is 23.4 Å². The van der Waals surface area contributed by atoms with E-state index in [1.807, 2.05) is 17.0 Å². The van der Waals surface area contributed by atoms with Crippen molar-refractivity contribution in [2.24, 2.45) is 0 Å². The molecule has 0 aromatic carbocycles. The van der Waals surface area contributed by atoms with E-state index in [1.54, 1.807) is 6.07 Å². The van der Waals surface area contributed by atoms with E-state index in [4.69, 9.17) is 16.3 Å². The number of carbonyl (C=O) groups is 1. The highest BCUT2D eigenvalue weighted by Gasteiger charge is 2.25. The van der Waals surface area contributed by atoms with Crippen LogP contribution in [0, 0.1) is 0 Å². The minimum absolute atomic E-state index is 0.242. The topological polar surface area (TPSA) is 45.7 Å². The number of amides is 1. The second-order valence-electron chi connectivity index (χ2n) is 6.37. The van der Waals surface area contributed by atoms with Crippen LogP contribution in [0.2, 0.25) is 5.15 Å². The molecule has 5 nitrogen and oxygen atoms in total. The Kier molecular flexibility index (Phi) is 5.38. The zero-order chi connectivity index (χ0) is 16.2. The average molecular weight is 338 g/mol. The number of anilines is 1. The van der Waals surface area contributed by atoms with E-state index in [9.17, 15) is 4.79 Å². The summed E-state index contributed by atoms with van der Waals surface area (Å²) in [6.45, 7) is 5.20. The van der Waals surface area contributed by atoms with Crippen molar-refractivity contribution in [3.63, 3.8) is 0 Å². The fourth-order valence-corrected chi connectivity index (χ4v) is 3.46. The van der Waals surface area contributed by atoms with Crippen LogP contribution in [0.1, 0.15) is 32.6 Å². The first kappa shape index (κ1) is 16.5. The second kappa shape index (κ2) is 7.49. The van der Waals surface area contributed by atoms with Crippen LogP contribution in [-0.2, 0) is 9.53 Å². The van der Waals surface area contributed by atoms with Crippen LogP contribution in [0.15, 0.2) is 18.2 Å². The molecule has 2 aliphatic heterocycles. The summed E-state index contributed by atoms with van der Waals surface area (Å²) in [4.78, 5) is 20.8. The lowest BCUT2D eigenvalue weighted by Crippen LogP contribution is -2.49. The van der Waals surface area contributed by atoms with E-state index in [0.29, 0.717) is 17.7 Å². The number of pyridine rings is 1. The average Bonchev–Trinajstić information content (AvgIpc) is 2.98. The van der Waals surface area contributed by atoms with Gasteiger partial charge in [0.2, 0.25) is 5.91 Å². The maximum Gasteiger partial charge on any atom is 0.222 e. The number of piperazine rings is 1. The molecular formula is C17H24ClN3O2. The van der Waals surface area contributed by atoms with Gasteiger partial charge in [-0.15, -0.1) is 0 Å². The summed E-state index contributed by atoms with van der Waals surface area (Å²) in [5, 5.41) is 0.506. The molecule has 1 amide bonds. The minimum Gasteiger partial charge on any atom is -0.375 e. The molecule has 0 unspecified atom stereocenters. The number of rotatable bonds is 4. The lowest BCUT2D eigenvalue weighted by atomic mass is 10.1. The first-order valence-corrected chi connectivity index (χ1v) is 8.80. The lowest BCUT2D eigenvalue weighted by molar-refractivity contribution is -0.132. The molecule has 0 spiro atoms. The Bertz CT molecular complexity index is 546. The maximum absolute atomic E-state index is 12.3. The maximum atomic E-state index is 12.3. The Morgan fingerprint density at radius 2 is 2.09 bits per heavy atom. The molecule has 2 saturated heterocycles. The molecular weight excluding hydrogens is 314 g/mol. The van der Waals surface area contributed by atoms with Gasteiger partial charge in [0, 0.05) is 32.6 Å². The van der Waals surface area contributed by atoms with Gasteiger partial charge >= 0.3 is 0 Å². The van der Waals surface area contributed by atoms with E-state index in [1.165, 1.54) is 0 Å². The Morgan fingerprint density at radius 3 is 2.74 bits per heavy atom. The van der Waals surface area contributed by atoms with Gasteiger partial charge in [0.25, 0.3) is 0 Å². The third kappa shape index (κ3) is 4.36. The molecule has 23 heavy (non-hydrogen) atoms. The molecule has 0 bridgehead atoms. The smallest absolute Gasteiger partial charge is 0.222 e. The molecule has 6 heteroatoms. The van der Waals surface area contributed by atoms with Crippen molar-refractivity contribution in [1.82, 2.24) is 9.88 Å². The monoisotopic (exact) mass is 337 g/mol. The SMILES string of the molecule is C[C@@H]1CC[C@H](CCC(=O)N2CCN(c3cccc(Cl)n3)CC2)O1. The predicted octanol–water partition coefficient (Wildman–Crippen LogP) is 2.73. The van der Waals surface area contributed by atoms with Crippen LogP contribution in [0.4, 0.5) is 5.82 Å². The van der Waals surface area contributed by atoms with Crippen LogP contribution < -0.4 is 4.90 Å². The fourth-order valence-electron chi connectivity index (χ4n) is 3.30. The normalized spacial score (nSPS) is 25.0. The van der Waals surface area contributed by atoms with Crippen LogP contribution in [0.25, 0.3) is 0 Å². The molecule has 2 aliphatic rings. The largest absolute Gasteiger partial charge is 0.375 e. The van der Waals surface area contributed by atoms with Crippen molar-refractivity contribution < 1.29 is 9.53 Å². The number of hydrogen-bond acceptors (Lipinski definition) is 4. The molecule has 1 aromatic rings. The summed E-state index contributed by atoms with van der Waals surface area (Å²) in [6.07, 6.45) is 4.26. The number of halogens is 1. The fraction of sp³-hybridized carbons (Fsp3) is 0.647.